The highest BCUT2D eigenvalue weighted by atomic mass is 16.5. The van der Waals surface area contributed by atoms with Gasteiger partial charge in [-0.05, 0) is 55.4 Å². The highest BCUT2D eigenvalue weighted by molar-refractivity contribution is 6.07. The normalized spacial score (nSPS) is 14.4. The number of rotatable bonds is 6. The van der Waals surface area contributed by atoms with Crippen molar-refractivity contribution in [3.8, 4) is 11.5 Å². The third-order valence-electron chi connectivity index (χ3n) is 6.06. The zero-order valence-corrected chi connectivity index (χ0v) is 19.1. The standard InChI is InChI=1S/C25H30N4O3/c1-5-28-10-12-29(13-11-28)24-14-17(2)21-15-18(6-9-22(21)27-24)26-25(30)20-8-7-19(31-3)16-23(20)32-4/h6-9,14-16H,5,10-13H2,1-4H3,(H,26,30). The van der Waals surface area contributed by atoms with Gasteiger partial charge in [-0.2, -0.15) is 0 Å². The van der Waals surface area contributed by atoms with E-state index in [1.807, 2.05) is 18.2 Å². The number of aryl methyl sites for hydroxylation is 1. The maximum atomic E-state index is 12.9. The topological polar surface area (TPSA) is 66.9 Å². The van der Waals surface area contributed by atoms with Crippen LogP contribution in [0.5, 0.6) is 11.5 Å². The molecule has 1 aromatic heterocycles. The molecule has 0 unspecified atom stereocenters. The zero-order valence-electron chi connectivity index (χ0n) is 19.1. The number of carbonyl (C=O) groups excluding carboxylic acids is 1. The van der Waals surface area contributed by atoms with Crippen molar-refractivity contribution in [3.05, 3.63) is 53.6 Å². The van der Waals surface area contributed by atoms with Gasteiger partial charge in [0, 0.05) is 43.3 Å². The molecule has 168 valence electrons. The minimum Gasteiger partial charge on any atom is -0.497 e. The highest BCUT2D eigenvalue weighted by Crippen LogP contribution is 2.28. The Morgan fingerprint density at radius 3 is 2.50 bits per heavy atom. The molecular weight excluding hydrogens is 404 g/mol. The molecule has 0 aliphatic carbocycles. The Balaban J connectivity index is 1.55. The van der Waals surface area contributed by atoms with Crippen LogP contribution in [-0.4, -0.2) is 62.7 Å². The Morgan fingerprint density at radius 2 is 1.81 bits per heavy atom. The predicted molar refractivity (Wildman–Crippen MR) is 128 cm³/mol. The molecule has 1 amide bonds. The van der Waals surface area contributed by atoms with E-state index in [0.29, 0.717) is 17.1 Å². The Hall–Kier alpha value is -3.32. The monoisotopic (exact) mass is 434 g/mol. The van der Waals surface area contributed by atoms with Crippen molar-refractivity contribution in [2.75, 3.05) is 57.2 Å². The molecule has 4 rings (SSSR count). The minimum atomic E-state index is -0.236. The van der Waals surface area contributed by atoms with E-state index < -0.39 is 0 Å². The molecule has 0 spiro atoms. The van der Waals surface area contributed by atoms with E-state index in [9.17, 15) is 4.79 Å². The molecule has 0 atom stereocenters. The number of pyridine rings is 1. The van der Waals surface area contributed by atoms with Gasteiger partial charge in [-0.15, -0.1) is 0 Å². The molecule has 0 bridgehead atoms. The first-order valence-corrected chi connectivity index (χ1v) is 10.9. The van der Waals surface area contributed by atoms with Crippen molar-refractivity contribution in [1.29, 1.82) is 0 Å². The lowest BCUT2D eigenvalue weighted by atomic mass is 10.1. The summed E-state index contributed by atoms with van der Waals surface area (Å²) in [4.78, 5) is 22.6. The number of fused-ring (bicyclic) bond motifs is 1. The summed E-state index contributed by atoms with van der Waals surface area (Å²) in [5.41, 5.74) is 3.23. The lowest BCUT2D eigenvalue weighted by molar-refractivity contribution is 0.102. The summed E-state index contributed by atoms with van der Waals surface area (Å²) in [5.74, 6) is 1.89. The van der Waals surface area contributed by atoms with Gasteiger partial charge in [0.15, 0.2) is 0 Å². The van der Waals surface area contributed by atoms with Crippen LogP contribution >= 0.6 is 0 Å². The van der Waals surface area contributed by atoms with Crippen LogP contribution < -0.4 is 19.7 Å². The first kappa shape index (κ1) is 21.9. The summed E-state index contributed by atoms with van der Waals surface area (Å²) in [6.45, 7) is 9.50. The molecule has 32 heavy (non-hydrogen) atoms. The van der Waals surface area contributed by atoms with Crippen molar-refractivity contribution in [2.45, 2.75) is 13.8 Å². The van der Waals surface area contributed by atoms with Crippen LogP contribution in [0.2, 0.25) is 0 Å². The average Bonchev–Trinajstić information content (AvgIpc) is 2.83. The highest BCUT2D eigenvalue weighted by Gasteiger charge is 2.18. The lowest BCUT2D eigenvalue weighted by Crippen LogP contribution is -2.46. The molecule has 0 saturated carbocycles. The molecule has 7 heteroatoms. The van der Waals surface area contributed by atoms with E-state index in [1.54, 1.807) is 25.3 Å². The molecule has 1 saturated heterocycles. The number of hydrogen-bond acceptors (Lipinski definition) is 6. The predicted octanol–water partition coefficient (Wildman–Crippen LogP) is 3.95. The first-order valence-electron chi connectivity index (χ1n) is 10.9. The molecule has 2 heterocycles. The van der Waals surface area contributed by atoms with E-state index in [4.69, 9.17) is 14.5 Å². The largest absolute Gasteiger partial charge is 0.497 e. The van der Waals surface area contributed by atoms with Crippen LogP contribution in [0.3, 0.4) is 0 Å². The number of hydrogen-bond donors (Lipinski definition) is 1. The van der Waals surface area contributed by atoms with E-state index in [-0.39, 0.29) is 5.91 Å². The fourth-order valence-electron chi connectivity index (χ4n) is 4.09. The van der Waals surface area contributed by atoms with Gasteiger partial charge in [0.25, 0.3) is 5.91 Å². The van der Waals surface area contributed by atoms with Crippen molar-refractivity contribution in [3.63, 3.8) is 0 Å². The van der Waals surface area contributed by atoms with Gasteiger partial charge in [0.1, 0.15) is 17.3 Å². The second-order valence-corrected chi connectivity index (χ2v) is 7.97. The summed E-state index contributed by atoms with van der Waals surface area (Å²) in [6.07, 6.45) is 0. The van der Waals surface area contributed by atoms with Gasteiger partial charge in [-0.3, -0.25) is 4.79 Å². The SMILES string of the molecule is CCN1CCN(c2cc(C)c3cc(NC(=O)c4ccc(OC)cc4OC)ccc3n2)CC1. The Morgan fingerprint density at radius 1 is 1.03 bits per heavy atom. The number of amides is 1. The van der Waals surface area contributed by atoms with Gasteiger partial charge in [0.2, 0.25) is 0 Å². The lowest BCUT2D eigenvalue weighted by Gasteiger charge is -2.35. The number of benzene rings is 2. The first-order chi connectivity index (χ1) is 15.5. The van der Waals surface area contributed by atoms with Gasteiger partial charge in [-0.1, -0.05) is 6.92 Å². The second-order valence-electron chi connectivity index (χ2n) is 7.97. The van der Waals surface area contributed by atoms with Crippen LogP contribution in [0.1, 0.15) is 22.8 Å². The maximum Gasteiger partial charge on any atom is 0.259 e. The molecule has 3 aromatic rings. The Bertz CT molecular complexity index is 1120. The quantitative estimate of drug-likeness (QED) is 0.634. The number of nitrogens with zero attached hydrogens (tertiary/aromatic N) is 3. The van der Waals surface area contributed by atoms with Gasteiger partial charge >= 0.3 is 0 Å². The Labute approximate surface area is 188 Å². The molecule has 1 N–H and O–H groups in total. The number of ether oxygens (including phenoxy) is 2. The number of nitrogens with one attached hydrogen (secondary N) is 1. The van der Waals surface area contributed by atoms with Crippen LogP contribution in [0.4, 0.5) is 11.5 Å². The maximum absolute atomic E-state index is 12.9. The van der Waals surface area contributed by atoms with Gasteiger partial charge in [-0.25, -0.2) is 4.98 Å². The number of methoxy groups -OCH3 is 2. The van der Waals surface area contributed by atoms with E-state index in [2.05, 4.69) is 35.0 Å². The fraction of sp³-hybridized carbons (Fsp3) is 0.360. The van der Waals surface area contributed by atoms with Gasteiger partial charge in [0.05, 0.1) is 25.3 Å². The molecule has 7 nitrogen and oxygen atoms in total. The molecule has 1 aliphatic heterocycles. The average molecular weight is 435 g/mol. The number of anilines is 2. The van der Waals surface area contributed by atoms with Crippen molar-refractivity contribution < 1.29 is 14.3 Å². The van der Waals surface area contributed by atoms with E-state index >= 15 is 0 Å². The third-order valence-corrected chi connectivity index (χ3v) is 6.06. The molecule has 1 aliphatic rings. The summed E-state index contributed by atoms with van der Waals surface area (Å²) in [7, 11) is 3.12. The number of likely N-dealkylation sites (N-methyl/N-ethyl adjacent to an activating group) is 1. The summed E-state index contributed by atoms with van der Waals surface area (Å²) < 4.78 is 10.6. The van der Waals surface area contributed by atoms with Crippen LogP contribution in [-0.2, 0) is 0 Å². The van der Waals surface area contributed by atoms with Crippen LogP contribution in [0, 0.1) is 6.92 Å². The smallest absolute Gasteiger partial charge is 0.259 e. The minimum absolute atomic E-state index is 0.236. The summed E-state index contributed by atoms with van der Waals surface area (Å²) in [5, 5.41) is 4.00. The van der Waals surface area contributed by atoms with E-state index in [0.717, 1.165) is 60.7 Å². The van der Waals surface area contributed by atoms with Crippen LogP contribution in [0.15, 0.2) is 42.5 Å². The molecular formula is C25H30N4O3. The number of piperazine rings is 1. The van der Waals surface area contributed by atoms with Crippen LogP contribution in [0.25, 0.3) is 10.9 Å². The molecule has 2 aromatic carbocycles. The van der Waals surface area contributed by atoms with Crippen molar-refractivity contribution in [2.24, 2.45) is 0 Å². The summed E-state index contributed by atoms with van der Waals surface area (Å²) >= 11 is 0. The fourth-order valence-corrected chi connectivity index (χ4v) is 4.09. The second kappa shape index (κ2) is 9.44. The molecule has 0 radical (unpaired) electrons. The molecule has 1 fully saturated rings. The Kier molecular flexibility index (Phi) is 6.46. The van der Waals surface area contributed by atoms with Crippen molar-refractivity contribution in [1.82, 2.24) is 9.88 Å². The zero-order chi connectivity index (χ0) is 22.7. The van der Waals surface area contributed by atoms with Gasteiger partial charge < -0.3 is 24.6 Å². The number of carbonyl (C=O) groups is 1. The van der Waals surface area contributed by atoms with Crippen molar-refractivity contribution >= 4 is 28.3 Å². The third kappa shape index (κ3) is 4.48. The van der Waals surface area contributed by atoms with E-state index in [1.165, 1.54) is 7.11 Å². The number of aromatic nitrogens is 1. The summed E-state index contributed by atoms with van der Waals surface area (Å²) in [6, 6.07) is 13.1.